The van der Waals surface area contributed by atoms with Gasteiger partial charge in [-0.25, -0.2) is 4.98 Å². The van der Waals surface area contributed by atoms with E-state index in [1.807, 2.05) is 37.4 Å². The van der Waals surface area contributed by atoms with Crippen molar-refractivity contribution in [3.05, 3.63) is 42.7 Å². The summed E-state index contributed by atoms with van der Waals surface area (Å²) in [4.78, 5) is 16.4. The second kappa shape index (κ2) is 7.36. The van der Waals surface area contributed by atoms with E-state index in [1.165, 1.54) is 11.3 Å². The minimum atomic E-state index is -0.887. The Morgan fingerprint density at radius 1 is 1.41 bits per heavy atom. The number of Topliss-reactive ketones (excluding diaryl/α,β-unsaturated/α-hetero) is 1. The number of hydrogen-bond donors (Lipinski definition) is 0. The maximum absolute atomic E-state index is 12.2. The summed E-state index contributed by atoms with van der Waals surface area (Å²) in [6.07, 6.45) is 0. The molecule has 0 bridgehead atoms. The summed E-state index contributed by atoms with van der Waals surface area (Å²) in [5.41, 5.74) is 1.86. The molecule has 0 radical (unpaired) electrons. The summed E-state index contributed by atoms with van der Waals surface area (Å²) in [5.74, 6) is -0.649. The molecule has 0 saturated heterocycles. The number of carbonyl (C=O) groups excluding carboxylic acids is 1. The van der Waals surface area contributed by atoms with Gasteiger partial charge in [-0.3, -0.25) is 4.79 Å². The number of nitriles is 1. The Morgan fingerprint density at radius 2 is 2.05 bits per heavy atom. The molecule has 114 valence electrons. The van der Waals surface area contributed by atoms with Gasteiger partial charge in [0.15, 0.2) is 11.7 Å². The van der Waals surface area contributed by atoms with E-state index in [0.717, 1.165) is 20.2 Å². The van der Waals surface area contributed by atoms with Crippen LogP contribution in [0.15, 0.2) is 26.5 Å². The Balaban J connectivity index is 2.11. The van der Waals surface area contributed by atoms with Crippen molar-refractivity contribution in [2.45, 2.75) is 19.8 Å². The van der Waals surface area contributed by atoms with Crippen LogP contribution in [0.1, 0.15) is 22.2 Å². The topological polar surface area (TPSA) is 63.0 Å². The van der Waals surface area contributed by atoms with Gasteiger partial charge in [0.05, 0.1) is 15.0 Å². The van der Waals surface area contributed by atoms with E-state index in [-0.39, 0.29) is 12.4 Å². The summed E-state index contributed by atoms with van der Waals surface area (Å²) in [6, 6.07) is 5.80. The first-order valence-electron chi connectivity index (χ1n) is 6.35. The van der Waals surface area contributed by atoms with Crippen LogP contribution in [0.25, 0.3) is 0 Å². The Hall–Kier alpha value is -1.23. The number of aromatic nitrogens is 1. The van der Waals surface area contributed by atoms with Gasteiger partial charge in [0.25, 0.3) is 0 Å². The highest BCUT2D eigenvalue weighted by molar-refractivity contribution is 9.11. The van der Waals surface area contributed by atoms with Crippen molar-refractivity contribution < 1.29 is 9.53 Å². The predicted molar refractivity (Wildman–Crippen MR) is 92.3 cm³/mol. The standard InChI is InChI=1S/C15H12Br2N2O2S/c1-8-3-11(16)14(12(17)4-8)21-6-13(20)10(5-18)15-19-9(2)7-22-15/h3-4,7,10H,6H2,1-2H3. The van der Waals surface area contributed by atoms with Gasteiger partial charge in [-0.05, 0) is 63.4 Å². The highest BCUT2D eigenvalue weighted by Gasteiger charge is 2.24. The smallest absolute Gasteiger partial charge is 0.194 e. The highest BCUT2D eigenvalue weighted by atomic mass is 79.9. The van der Waals surface area contributed by atoms with E-state index < -0.39 is 5.92 Å². The third-order valence-electron chi connectivity index (χ3n) is 2.84. The molecule has 0 aliphatic heterocycles. The third kappa shape index (κ3) is 3.94. The van der Waals surface area contributed by atoms with Crippen molar-refractivity contribution in [3.8, 4) is 11.8 Å². The molecule has 7 heteroatoms. The quantitative estimate of drug-likeness (QED) is 0.680. The molecule has 0 saturated carbocycles. The second-order valence-corrected chi connectivity index (χ2v) is 7.30. The maximum atomic E-state index is 12.2. The molecule has 2 rings (SSSR count). The lowest BCUT2D eigenvalue weighted by Crippen LogP contribution is -2.19. The van der Waals surface area contributed by atoms with Gasteiger partial charge in [-0.2, -0.15) is 5.26 Å². The number of ketones is 1. The number of aryl methyl sites for hydroxylation is 2. The van der Waals surface area contributed by atoms with Gasteiger partial charge in [0, 0.05) is 11.1 Å². The van der Waals surface area contributed by atoms with Crippen molar-refractivity contribution in [3.63, 3.8) is 0 Å². The summed E-state index contributed by atoms with van der Waals surface area (Å²) in [5, 5.41) is 11.6. The van der Waals surface area contributed by atoms with E-state index in [1.54, 1.807) is 0 Å². The highest BCUT2D eigenvalue weighted by Crippen LogP contribution is 2.34. The zero-order valence-corrected chi connectivity index (χ0v) is 15.9. The average molecular weight is 444 g/mol. The van der Waals surface area contributed by atoms with Crippen LogP contribution in [0.2, 0.25) is 0 Å². The molecule has 0 fully saturated rings. The molecule has 4 nitrogen and oxygen atoms in total. The van der Waals surface area contributed by atoms with Crippen molar-refractivity contribution in [2.24, 2.45) is 0 Å². The minimum absolute atomic E-state index is 0.183. The summed E-state index contributed by atoms with van der Waals surface area (Å²) in [6.45, 7) is 3.61. The molecule has 1 unspecified atom stereocenters. The first-order valence-corrected chi connectivity index (χ1v) is 8.81. The third-order valence-corrected chi connectivity index (χ3v) is 5.04. The largest absolute Gasteiger partial charge is 0.483 e. The van der Waals surface area contributed by atoms with Crippen molar-refractivity contribution in [1.29, 1.82) is 5.26 Å². The van der Waals surface area contributed by atoms with Crippen LogP contribution < -0.4 is 4.74 Å². The van der Waals surface area contributed by atoms with Crippen molar-refractivity contribution in [2.75, 3.05) is 6.61 Å². The molecule has 1 aromatic carbocycles. The number of thiazole rings is 1. The lowest BCUT2D eigenvalue weighted by atomic mass is 10.1. The average Bonchev–Trinajstić information content (AvgIpc) is 2.84. The van der Waals surface area contributed by atoms with Crippen LogP contribution in [0.4, 0.5) is 0 Å². The van der Waals surface area contributed by atoms with E-state index in [2.05, 4.69) is 36.8 Å². The molecule has 22 heavy (non-hydrogen) atoms. The van der Waals surface area contributed by atoms with Crippen LogP contribution in [0, 0.1) is 25.2 Å². The summed E-state index contributed by atoms with van der Waals surface area (Å²) >= 11 is 8.13. The lowest BCUT2D eigenvalue weighted by molar-refractivity contribution is -0.121. The van der Waals surface area contributed by atoms with E-state index in [4.69, 9.17) is 4.74 Å². The SMILES string of the molecule is Cc1cc(Br)c(OCC(=O)C(C#N)c2nc(C)cs2)c(Br)c1. The van der Waals surface area contributed by atoms with E-state index in [0.29, 0.717) is 10.8 Å². The van der Waals surface area contributed by atoms with E-state index >= 15 is 0 Å². The maximum Gasteiger partial charge on any atom is 0.194 e. The Morgan fingerprint density at radius 3 is 2.55 bits per heavy atom. The zero-order chi connectivity index (χ0) is 16.3. The van der Waals surface area contributed by atoms with E-state index in [9.17, 15) is 10.1 Å². The number of hydrogen-bond acceptors (Lipinski definition) is 5. The predicted octanol–water partition coefficient (Wildman–Crippen LogP) is 4.54. The van der Waals surface area contributed by atoms with Gasteiger partial charge >= 0.3 is 0 Å². The monoisotopic (exact) mass is 442 g/mol. The van der Waals surface area contributed by atoms with Crippen LogP contribution in [-0.4, -0.2) is 17.4 Å². The first-order chi connectivity index (χ1) is 10.4. The molecule has 0 aliphatic carbocycles. The number of ether oxygens (including phenoxy) is 1. The van der Waals surface area contributed by atoms with Crippen LogP contribution >= 0.6 is 43.2 Å². The summed E-state index contributed by atoms with van der Waals surface area (Å²) < 4.78 is 7.09. The fourth-order valence-corrected chi connectivity index (χ4v) is 4.33. The molecule has 1 heterocycles. The number of rotatable bonds is 5. The number of nitrogens with zero attached hydrogens (tertiary/aromatic N) is 2. The van der Waals surface area contributed by atoms with Gasteiger partial charge in [-0.15, -0.1) is 11.3 Å². The van der Waals surface area contributed by atoms with Crippen LogP contribution in [0.5, 0.6) is 5.75 Å². The molecule has 0 spiro atoms. The molecule has 1 aromatic heterocycles. The molecule has 0 aliphatic rings. The van der Waals surface area contributed by atoms with Crippen molar-refractivity contribution in [1.82, 2.24) is 4.98 Å². The molecular weight excluding hydrogens is 432 g/mol. The van der Waals surface area contributed by atoms with Gasteiger partial charge in [0.2, 0.25) is 0 Å². The number of halogens is 2. The molecular formula is C15H12Br2N2O2S. The summed E-state index contributed by atoms with van der Waals surface area (Å²) in [7, 11) is 0. The number of carbonyl (C=O) groups is 1. The molecule has 0 amide bonds. The second-order valence-electron chi connectivity index (χ2n) is 4.70. The fraction of sp³-hybridized carbons (Fsp3) is 0.267. The number of benzene rings is 1. The normalized spacial score (nSPS) is 11.8. The van der Waals surface area contributed by atoms with Gasteiger partial charge in [0.1, 0.15) is 17.4 Å². The lowest BCUT2D eigenvalue weighted by Gasteiger charge is -2.12. The molecule has 1 atom stereocenters. The minimum Gasteiger partial charge on any atom is -0.483 e. The molecule has 0 N–H and O–H groups in total. The van der Waals surface area contributed by atoms with Gasteiger partial charge < -0.3 is 4.74 Å². The van der Waals surface area contributed by atoms with Gasteiger partial charge in [-0.1, -0.05) is 0 Å². The van der Waals surface area contributed by atoms with Crippen molar-refractivity contribution >= 4 is 49.0 Å². The fourth-order valence-electron chi connectivity index (χ4n) is 1.82. The zero-order valence-electron chi connectivity index (χ0n) is 11.9. The Labute approximate surface area is 149 Å². The first kappa shape index (κ1) is 17.1. The Kier molecular flexibility index (Phi) is 5.73. The van der Waals surface area contributed by atoms with Crippen LogP contribution in [0.3, 0.4) is 0 Å². The molecule has 2 aromatic rings. The van der Waals surface area contributed by atoms with Crippen LogP contribution in [-0.2, 0) is 4.79 Å². The Bertz CT molecular complexity index is 729.